The van der Waals surface area contributed by atoms with Crippen molar-refractivity contribution in [3.8, 4) is 11.3 Å². The van der Waals surface area contributed by atoms with E-state index in [0.717, 1.165) is 50.2 Å². The molecule has 4 aromatic rings. The highest BCUT2D eigenvalue weighted by atomic mass is 32.1. The first-order chi connectivity index (χ1) is 11.7. The molecule has 1 fully saturated rings. The summed E-state index contributed by atoms with van der Waals surface area (Å²) in [5.41, 5.74) is 2.62. The molecule has 0 aliphatic heterocycles. The SMILES string of the molecule is Cn1cc2cc(-c3ccc4cc(C(O)C5CC5)sc4n3)cnc2n1. The van der Waals surface area contributed by atoms with Crippen molar-refractivity contribution in [2.24, 2.45) is 13.0 Å². The summed E-state index contributed by atoms with van der Waals surface area (Å²) in [5.74, 6) is 0.440. The summed E-state index contributed by atoms with van der Waals surface area (Å²) in [7, 11) is 1.89. The summed E-state index contributed by atoms with van der Waals surface area (Å²) in [6.07, 6.45) is 5.70. The van der Waals surface area contributed by atoms with Crippen LogP contribution in [0.25, 0.3) is 32.5 Å². The largest absolute Gasteiger partial charge is 0.387 e. The molecule has 6 heteroatoms. The van der Waals surface area contributed by atoms with Gasteiger partial charge in [-0.25, -0.2) is 9.97 Å². The Kier molecular flexibility index (Phi) is 2.98. The lowest BCUT2D eigenvalue weighted by Crippen LogP contribution is -1.95. The molecule has 1 aliphatic rings. The minimum atomic E-state index is -0.332. The van der Waals surface area contributed by atoms with Crippen molar-refractivity contribution in [2.45, 2.75) is 18.9 Å². The zero-order valence-electron chi connectivity index (χ0n) is 13.2. The van der Waals surface area contributed by atoms with E-state index in [1.54, 1.807) is 16.0 Å². The smallest absolute Gasteiger partial charge is 0.181 e. The Balaban J connectivity index is 1.57. The van der Waals surface area contributed by atoms with Crippen molar-refractivity contribution in [1.29, 1.82) is 0 Å². The van der Waals surface area contributed by atoms with E-state index in [2.05, 4.69) is 28.3 Å². The molecule has 4 aromatic heterocycles. The number of aliphatic hydroxyl groups is 1. The Labute approximate surface area is 142 Å². The Bertz CT molecular complexity index is 1060. The second-order valence-electron chi connectivity index (χ2n) is 6.46. The Morgan fingerprint density at radius 1 is 1.25 bits per heavy atom. The molecule has 1 aliphatic carbocycles. The molecule has 120 valence electrons. The van der Waals surface area contributed by atoms with Gasteiger partial charge in [-0.15, -0.1) is 11.3 Å². The summed E-state index contributed by atoms with van der Waals surface area (Å²) < 4.78 is 1.77. The van der Waals surface area contributed by atoms with Crippen molar-refractivity contribution in [3.63, 3.8) is 0 Å². The molecule has 1 N–H and O–H groups in total. The molecule has 0 bridgehead atoms. The maximum Gasteiger partial charge on any atom is 0.181 e. The van der Waals surface area contributed by atoms with Crippen LogP contribution < -0.4 is 0 Å². The molecule has 24 heavy (non-hydrogen) atoms. The maximum atomic E-state index is 10.3. The molecule has 1 saturated carbocycles. The highest BCUT2D eigenvalue weighted by Crippen LogP contribution is 2.44. The van der Waals surface area contributed by atoms with E-state index < -0.39 is 0 Å². The monoisotopic (exact) mass is 336 g/mol. The summed E-state index contributed by atoms with van der Waals surface area (Å²) in [6.45, 7) is 0. The van der Waals surface area contributed by atoms with Gasteiger partial charge in [0.2, 0.25) is 0 Å². The van der Waals surface area contributed by atoms with E-state index in [4.69, 9.17) is 4.98 Å². The number of pyridine rings is 2. The van der Waals surface area contributed by atoms with E-state index in [1.165, 1.54) is 0 Å². The summed E-state index contributed by atoms with van der Waals surface area (Å²) in [6, 6.07) is 8.23. The van der Waals surface area contributed by atoms with E-state index >= 15 is 0 Å². The first-order valence-corrected chi connectivity index (χ1v) is 8.87. The molecular weight excluding hydrogens is 320 g/mol. The number of aromatic nitrogens is 4. The zero-order chi connectivity index (χ0) is 16.3. The fraction of sp³-hybridized carbons (Fsp3) is 0.278. The number of hydrogen-bond acceptors (Lipinski definition) is 5. The van der Waals surface area contributed by atoms with Gasteiger partial charge in [-0.2, -0.15) is 5.10 Å². The molecule has 1 unspecified atom stereocenters. The van der Waals surface area contributed by atoms with E-state index in [0.29, 0.717) is 5.92 Å². The minimum absolute atomic E-state index is 0.332. The summed E-state index contributed by atoms with van der Waals surface area (Å²) in [5, 5.41) is 16.7. The number of fused-ring (bicyclic) bond motifs is 2. The van der Waals surface area contributed by atoms with Gasteiger partial charge in [0.25, 0.3) is 0 Å². The first-order valence-electron chi connectivity index (χ1n) is 8.06. The third-order valence-corrected chi connectivity index (χ3v) is 5.65. The van der Waals surface area contributed by atoms with E-state index in [-0.39, 0.29) is 6.10 Å². The highest BCUT2D eigenvalue weighted by Gasteiger charge is 2.31. The average Bonchev–Trinajstić information content (AvgIpc) is 3.23. The number of nitrogens with zero attached hydrogens (tertiary/aromatic N) is 4. The maximum absolute atomic E-state index is 10.3. The molecule has 4 heterocycles. The molecule has 5 rings (SSSR count). The minimum Gasteiger partial charge on any atom is -0.387 e. The van der Waals surface area contributed by atoms with Crippen LogP contribution in [0, 0.1) is 5.92 Å². The first kappa shape index (κ1) is 14.1. The highest BCUT2D eigenvalue weighted by molar-refractivity contribution is 7.18. The number of aliphatic hydroxyl groups excluding tert-OH is 1. The Hall–Kier alpha value is -2.31. The fourth-order valence-corrected chi connectivity index (χ4v) is 4.17. The van der Waals surface area contributed by atoms with Crippen LogP contribution in [0.5, 0.6) is 0 Å². The summed E-state index contributed by atoms with van der Waals surface area (Å²) in [4.78, 5) is 11.2. The van der Waals surface area contributed by atoms with Crippen LogP contribution in [0.4, 0.5) is 0 Å². The third kappa shape index (κ3) is 2.30. The Morgan fingerprint density at radius 2 is 2.12 bits per heavy atom. The van der Waals surface area contributed by atoms with Gasteiger partial charge in [0.15, 0.2) is 5.65 Å². The van der Waals surface area contributed by atoms with Gasteiger partial charge >= 0.3 is 0 Å². The van der Waals surface area contributed by atoms with E-state index in [1.807, 2.05) is 25.5 Å². The number of thiophene rings is 1. The van der Waals surface area contributed by atoms with Gasteiger partial charge in [0.1, 0.15) is 4.83 Å². The van der Waals surface area contributed by atoms with Crippen molar-refractivity contribution in [3.05, 3.63) is 41.5 Å². The lowest BCUT2D eigenvalue weighted by Gasteiger charge is -2.03. The lowest BCUT2D eigenvalue weighted by atomic mass is 10.1. The van der Waals surface area contributed by atoms with Crippen LogP contribution in [0.3, 0.4) is 0 Å². The second-order valence-corrected chi connectivity index (χ2v) is 7.52. The van der Waals surface area contributed by atoms with Gasteiger partial charge < -0.3 is 5.11 Å². The average molecular weight is 336 g/mol. The van der Waals surface area contributed by atoms with Crippen LogP contribution >= 0.6 is 11.3 Å². The molecular formula is C18H16N4OS. The quantitative estimate of drug-likeness (QED) is 0.620. The van der Waals surface area contributed by atoms with Crippen molar-refractivity contribution < 1.29 is 5.11 Å². The molecule has 1 atom stereocenters. The van der Waals surface area contributed by atoms with Gasteiger partial charge in [-0.3, -0.25) is 4.68 Å². The van der Waals surface area contributed by atoms with Gasteiger partial charge in [0.05, 0.1) is 11.8 Å². The fourth-order valence-electron chi connectivity index (χ4n) is 3.06. The molecule has 5 nitrogen and oxygen atoms in total. The third-order valence-electron chi connectivity index (χ3n) is 4.53. The topological polar surface area (TPSA) is 63.8 Å². The number of rotatable bonds is 3. The van der Waals surface area contributed by atoms with Crippen LogP contribution in [0.15, 0.2) is 36.7 Å². The number of aryl methyl sites for hydroxylation is 1. The molecule has 0 amide bonds. The van der Waals surface area contributed by atoms with E-state index in [9.17, 15) is 5.11 Å². The van der Waals surface area contributed by atoms with Crippen LogP contribution in [0.1, 0.15) is 23.8 Å². The lowest BCUT2D eigenvalue weighted by molar-refractivity contribution is 0.157. The van der Waals surface area contributed by atoms with Gasteiger partial charge in [0, 0.05) is 40.7 Å². The zero-order valence-corrected chi connectivity index (χ0v) is 14.0. The predicted octanol–water partition coefficient (Wildman–Crippen LogP) is 3.69. The van der Waals surface area contributed by atoms with Gasteiger partial charge in [-0.05, 0) is 43.0 Å². The predicted molar refractivity (Wildman–Crippen MR) is 94.8 cm³/mol. The molecule has 0 aromatic carbocycles. The van der Waals surface area contributed by atoms with Crippen molar-refractivity contribution >= 4 is 32.6 Å². The van der Waals surface area contributed by atoms with Crippen LogP contribution in [-0.4, -0.2) is 24.9 Å². The van der Waals surface area contributed by atoms with Crippen molar-refractivity contribution in [2.75, 3.05) is 0 Å². The molecule has 0 radical (unpaired) electrons. The number of hydrogen-bond donors (Lipinski definition) is 1. The second kappa shape index (κ2) is 5.09. The van der Waals surface area contributed by atoms with Crippen LogP contribution in [-0.2, 0) is 7.05 Å². The molecule has 0 spiro atoms. The molecule has 0 saturated heterocycles. The standard InChI is InChI=1S/C18H16N4OS/c1-22-9-13-6-12(8-19-17(13)21-22)14-5-4-11-7-15(24-18(11)20-14)16(23)10-2-3-10/h4-10,16,23H,2-3H2,1H3. The summed E-state index contributed by atoms with van der Waals surface area (Å²) >= 11 is 1.59. The normalized spacial score (nSPS) is 16.1. The van der Waals surface area contributed by atoms with Crippen molar-refractivity contribution in [1.82, 2.24) is 19.7 Å². The van der Waals surface area contributed by atoms with Gasteiger partial charge in [-0.1, -0.05) is 0 Å². The Morgan fingerprint density at radius 3 is 2.96 bits per heavy atom. The van der Waals surface area contributed by atoms with Crippen LogP contribution in [0.2, 0.25) is 0 Å².